The number of piperazine rings is 1. The van der Waals surface area contributed by atoms with Gasteiger partial charge in [0.1, 0.15) is 4.21 Å². The van der Waals surface area contributed by atoms with Gasteiger partial charge < -0.3 is 10.6 Å². The van der Waals surface area contributed by atoms with E-state index in [9.17, 15) is 18.0 Å². The summed E-state index contributed by atoms with van der Waals surface area (Å²) < 4.78 is 27.0. The number of hydrogen-bond acceptors (Lipinski definition) is 6. The molecule has 1 saturated heterocycles. The quantitative estimate of drug-likeness (QED) is 0.670. The second kappa shape index (κ2) is 8.84. The standard InChI is InChI=1S/C20H24N4O4S2/c25-18(22-17-5-2-1-4-16(17)20(26)21-15-7-8-15)14-23-9-11-24(12-10-23)30(27,28)19-6-3-13-29-19/h1-6,13,15H,7-12,14H2,(H,21,26)(H,22,25). The van der Waals surface area contributed by atoms with Crippen LogP contribution in [0.3, 0.4) is 0 Å². The van der Waals surface area contributed by atoms with Crippen LogP contribution < -0.4 is 10.6 Å². The Morgan fingerprint density at radius 2 is 1.77 bits per heavy atom. The number of hydrogen-bond donors (Lipinski definition) is 2. The second-order valence-corrected chi connectivity index (χ2v) is 10.6. The molecule has 2 aromatic rings. The fourth-order valence-corrected chi connectivity index (χ4v) is 5.91. The Hall–Kier alpha value is -2.27. The molecule has 8 nitrogen and oxygen atoms in total. The second-order valence-electron chi connectivity index (χ2n) is 7.45. The lowest BCUT2D eigenvalue weighted by Crippen LogP contribution is -2.50. The van der Waals surface area contributed by atoms with Crippen LogP contribution in [0.25, 0.3) is 0 Å². The smallest absolute Gasteiger partial charge is 0.253 e. The number of carbonyl (C=O) groups excluding carboxylic acids is 2. The van der Waals surface area contributed by atoms with Crippen LogP contribution in [0.2, 0.25) is 0 Å². The van der Waals surface area contributed by atoms with Gasteiger partial charge in [0.15, 0.2) is 0 Å². The summed E-state index contributed by atoms with van der Waals surface area (Å²) in [6.45, 7) is 1.77. The Balaban J connectivity index is 1.31. The van der Waals surface area contributed by atoms with E-state index in [-0.39, 0.29) is 24.4 Å². The monoisotopic (exact) mass is 448 g/mol. The van der Waals surface area contributed by atoms with Gasteiger partial charge in [0, 0.05) is 32.2 Å². The number of anilines is 1. The Morgan fingerprint density at radius 1 is 1.03 bits per heavy atom. The topological polar surface area (TPSA) is 98.8 Å². The average Bonchev–Trinajstić information content (AvgIpc) is 3.36. The molecule has 2 amide bonds. The number of nitrogens with one attached hydrogen (secondary N) is 2. The van der Waals surface area contributed by atoms with E-state index in [0.29, 0.717) is 41.6 Å². The third-order valence-corrected chi connectivity index (χ3v) is 8.42. The van der Waals surface area contributed by atoms with Gasteiger partial charge in [0.05, 0.1) is 17.8 Å². The highest BCUT2D eigenvalue weighted by atomic mass is 32.2. The fourth-order valence-electron chi connectivity index (χ4n) is 3.34. The molecule has 1 aliphatic heterocycles. The lowest BCUT2D eigenvalue weighted by molar-refractivity contribution is -0.117. The Labute approximate surface area is 179 Å². The van der Waals surface area contributed by atoms with Gasteiger partial charge in [-0.15, -0.1) is 11.3 Å². The molecular weight excluding hydrogens is 424 g/mol. The van der Waals surface area contributed by atoms with Crippen LogP contribution in [-0.4, -0.2) is 68.2 Å². The van der Waals surface area contributed by atoms with Crippen LogP contribution in [0, 0.1) is 0 Å². The predicted octanol–water partition coefficient (Wildman–Crippen LogP) is 1.59. The largest absolute Gasteiger partial charge is 0.349 e. The van der Waals surface area contributed by atoms with Crippen LogP contribution in [-0.2, 0) is 14.8 Å². The van der Waals surface area contributed by atoms with Crippen molar-refractivity contribution in [2.24, 2.45) is 0 Å². The molecule has 2 aliphatic rings. The van der Waals surface area contributed by atoms with Crippen LogP contribution >= 0.6 is 11.3 Å². The van der Waals surface area contributed by atoms with Gasteiger partial charge in [-0.3, -0.25) is 14.5 Å². The van der Waals surface area contributed by atoms with E-state index in [0.717, 1.165) is 12.8 Å². The van der Waals surface area contributed by atoms with Gasteiger partial charge in [-0.1, -0.05) is 18.2 Å². The van der Waals surface area contributed by atoms with Crippen molar-refractivity contribution < 1.29 is 18.0 Å². The molecule has 1 saturated carbocycles. The summed E-state index contributed by atoms with van der Waals surface area (Å²) in [5.41, 5.74) is 0.934. The Kier molecular flexibility index (Phi) is 6.19. The maximum absolute atomic E-state index is 12.6. The molecule has 1 aliphatic carbocycles. The van der Waals surface area contributed by atoms with Crippen LogP contribution in [0.4, 0.5) is 5.69 Å². The molecule has 2 N–H and O–H groups in total. The third kappa shape index (κ3) is 4.89. The van der Waals surface area contributed by atoms with Crippen molar-refractivity contribution >= 4 is 38.9 Å². The molecule has 0 radical (unpaired) electrons. The normalized spacial score (nSPS) is 18.1. The third-order valence-electron chi connectivity index (χ3n) is 5.15. The van der Waals surface area contributed by atoms with Crippen molar-refractivity contribution in [3.63, 3.8) is 0 Å². The van der Waals surface area contributed by atoms with Crippen molar-refractivity contribution in [2.45, 2.75) is 23.1 Å². The van der Waals surface area contributed by atoms with E-state index in [2.05, 4.69) is 10.6 Å². The lowest BCUT2D eigenvalue weighted by atomic mass is 10.1. The molecule has 160 valence electrons. The first-order valence-corrected chi connectivity index (χ1v) is 12.2. The van der Waals surface area contributed by atoms with Gasteiger partial charge >= 0.3 is 0 Å². The Bertz CT molecular complexity index is 1010. The maximum atomic E-state index is 12.6. The highest BCUT2D eigenvalue weighted by Gasteiger charge is 2.30. The minimum atomic E-state index is -3.46. The minimum Gasteiger partial charge on any atom is -0.349 e. The number of carbonyl (C=O) groups is 2. The van der Waals surface area contributed by atoms with Crippen LogP contribution in [0.1, 0.15) is 23.2 Å². The van der Waals surface area contributed by atoms with Crippen molar-refractivity contribution in [3.8, 4) is 0 Å². The molecule has 10 heteroatoms. The zero-order chi connectivity index (χ0) is 21.1. The molecule has 2 fully saturated rings. The van der Waals surface area contributed by atoms with Crippen molar-refractivity contribution in [3.05, 3.63) is 47.3 Å². The van der Waals surface area contributed by atoms with E-state index in [1.54, 1.807) is 41.8 Å². The first-order chi connectivity index (χ1) is 14.4. The number of benzene rings is 1. The Morgan fingerprint density at radius 3 is 2.43 bits per heavy atom. The first kappa shape index (κ1) is 21.0. The minimum absolute atomic E-state index is 0.144. The molecule has 0 unspecified atom stereocenters. The van der Waals surface area contributed by atoms with Gasteiger partial charge in [-0.2, -0.15) is 4.31 Å². The number of nitrogens with zero attached hydrogens (tertiary/aromatic N) is 2. The predicted molar refractivity (Wildman–Crippen MR) is 115 cm³/mol. The number of sulfonamides is 1. The molecule has 2 heterocycles. The SMILES string of the molecule is O=C(CN1CCN(S(=O)(=O)c2cccs2)CC1)Nc1ccccc1C(=O)NC1CC1. The molecule has 0 bridgehead atoms. The molecule has 4 rings (SSSR count). The number of amides is 2. The van der Waals surface area contributed by atoms with E-state index in [4.69, 9.17) is 0 Å². The average molecular weight is 449 g/mol. The van der Waals surface area contributed by atoms with Crippen molar-refractivity contribution in [2.75, 3.05) is 38.0 Å². The van der Waals surface area contributed by atoms with Crippen LogP contribution in [0.5, 0.6) is 0 Å². The summed E-state index contributed by atoms with van der Waals surface area (Å²) in [6.07, 6.45) is 1.99. The molecular formula is C20H24N4O4S2. The van der Waals surface area contributed by atoms with Gasteiger partial charge in [-0.05, 0) is 36.4 Å². The van der Waals surface area contributed by atoms with Gasteiger partial charge in [0.25, 0.3) is 15.9 Å². The number of thiophene rings is 1. The molecule has 1 aromatic heterocycles. The fraction of sp³-hybridized carbons (Fsp3) is 0.400. The number of para-hydroxylation sites is 1. The summed E-state index contributed by atoms with van der Waals surface area (Å²) >= 11 is 1.21. The summed E-state index contributed by atoms with van der Waals surface area (Å²) in [5.74, 6) is -0.406. The van der Waals surface area contributed by atoms with E-state index in [1.807, 2.05) is 4.90 Å². The van der Waals surface area contributed by atoms with Crippen LogP contribution in [0.15, 0.2) is 46.0 Å². The highest BCUT2D eigenvalue weighted by Crippen LogP contribution is 2.23. The molecule has 0 atom stereocenters. The van der Waals surface area contributed by atoms with E-state index >= 15 is 0 Å². The summed E-state index contributed by atoms with van der Waals surface area (Å²) in [7, 11) is -3.46. The van der Waals surface area contributed by atoms with Crippen molar-refractivity contribution in [1.29, 1.82) is 0 Å². The van der Waals surface area contributed by atoms with Gasteiger partial charge in [-0.25, -0.2) is 8.42 Å². The van der Waals surface area contributed by atoms with E-state index < -0.39 is 10.0 Å². The summed E-state index contributed by atoms with van der Waals surface area (Å²) in [5, 5.41) is 7.50. The highest BCUT2D eigenvalue weighted by molar-refractivity contribution is 7.91. The first-order valence-electron chi connectivity index (χ1n) is 9.89. The summed E-state index contributed by atoms with van der Waals surface area (Å²) in [4.78, 5) is 26.8. The zero-order valence-corrected chi connectivity index (χ0v) is 18.0. The number of rotatable bonds is 7. The molecule has 30 heavy (non-hydrogen) atoms. The summed E-state index contributed by atoms with van der Waals surface area (Å²) in [6, 6.07) is 10.5. The molecule has 1 aromatic carbocycles. The lowest BCUT2D eigenvalue weighted by Gasteiger charge is -2.33. The maximum Gasteiger partial charge on any atom is 0.253 e. The molecule has 0 spiro atoms. The van der Waals surface area contributed by atoms with Crippen molar-refractivity contribution in [1.82, 2.24) is 14.5 Å². The van der Waals surface area contributed by atoms with E-state index in [1.165, 1.54) is 15.6 Å². The van der Waals surface area contributed by atoms with Gasteiger partial charge in [0.2, 0.25) is 5.91 Å². The zero-order valence-electron chi connectivity index (χ0n) is 16.4.